The standard InChI is InChI=1S/C14H25N3O2/c1-3-19-11-5-8-15-14-16-9-10-17(14)12-6-4-7-13(12)18-2/h9-10,12-13H,3-8,11H2,1-2H3,(H,15,16). The van der Waals surface area contributed by atoms with Crippen LogP contribution in [0.15, 0.2) is 12.4 Å². The van der Waals surface area contributed by atoms with E-state index >= 15 is 0 Å². The van der Waals surface area contributed by atoms with Crippen LogP contribution in [0.2, 0.25) is 0 Å². The molecule has 1 heterocycles. The molecular formula is C14H25N3O2. The average molecular weight is 267 g/mol. The van der Waals surface area contributed by atoms with Crippen LogP contribution >= 0.6 is 0 Å². The summed E-state index contributed by atoms with van der Waals surface area (Å²) in [6.07, 6.45) is 8.76. The van der Waals surface area contributed by atoms with Crippen molar-refractivity contribution in [1.29, 1.82) is 0 Å². The molecule has 1 aliphatic carbocycles. The third-order valence-corrected chi connectivity index (χ3v) is 3.70. The third kappa shape index (κ3) is 3.70. The minimum absolute atomic E-state index is 0.318. The molecule has 1 aromatic heterocycles. The van der Waals surface area contributed by atoms with Crippen LogP contribution in [0.1, 0.15) is 38.6 Å². The number of hydrogen-bond acceptors (Lipinski definition) is 4. The van der Waals surface area contributed by atoms with E-state index in [0.29, 0.717) is 12.1 Å². The van der Waals surface area contributed by atoms with Gasteiger partial charge < -0.3 is 19.4 Å². The zero-order chi connectivity index (χ0) is 13.5. The lowest BCUT2D eigenvalue weighted by Crippen LogP contribution is -2.22. The molecule has 2 atom stereocenters. The summed E-state index contributed by atoms with van der Waals surface area (Å²) in [4.78, 5) is 4.40. The van der Waals surface area contributed by atoms with Gasteiger partial charge in [0, 0.05) is 39.3 Å². The molecule has 1 N–H and O–H groups in total. The average Bonchev–Trinajstić information content (AvgIpc) is 3.06. The minimum atomic E-state index is 0.318. The van der Waals surface area contributed by atoms with E-state index in [4.69, 9.17) is 9.47 Å². The summed E-state index contributed by atoms with van der Waals surface area (Å²) in [5.74, 6) is 0.949. The van der Waals surface area contributed by atoms with E-state index in [1.165, 1.54) is 12.8 Å². The lowest BCUT2D eigenvalue weighted by molar-refractivity contribution is 0.0755. The molecule has 1 aliphatic rings. The molecule has 2 unspecified atom stereocenters. The summed E-state index contributed by atoms with van der Waals surface area (Å²) < 4.78 is 13.1. The molecule has 0 bridgehead atoms. The van der Waals surface area contributed by atoms with Crippen molar-refractivity contribution in [3.05, 3.63) is 12.4 Å². The Balaban J connectivity index is 1.86. The molecule has 0 radical (unpaired) electrons. The molecule has 1 fully saturated rings. The predicted molar refractivity (Wildman–Crippen MR) is 75.5 cm³/mol. The first-order chi connectivity index (χ1) is 9.36. The molecule has 5 nitrogen and oxygen atoms in total. The zero-order valence-corrected chi connectivity index (χ0v) is 12.0. The summed E-state index contributed by atoms with van der Waals surface area (Å²) >= 11 is 0. The minimum Gasteiger partial charge on any atom is -0.382 e. The number of hydrogen-bond donors (Lipinski definition) is 1. The zero-order valence-electron chi connectivity index (χ0n) is 12.0. The van der Waals surface area contributed by atoms with Gasteiger partial charge in [-0.1, -0.05) is 0 Å². The quantitative estimate of drug-likeness (QED) is 0.735. The molecule has 19 heavy (non-hydrogen) atoms. The van der Waals surface area contributed by atoms with Crippen LogP contribution in [0.5, 0.6) is 0 Å². The second kappa shape index (κ2) is 7.50. The number of rotatable bonds is 8. The summed E-state index contributed by atoms with van der Waals surface area (Å²) in [5.41, 5.74) is 0. The third-order valence-electron chi connectivity index (χ3n) is 3.70. The van der Waals surface area contributed by atoms with Crippen molar-refractivity contribution in [2.75, 3.05) is 32.2 Å². The Labute approximate surface area is 115 Å². The van der Waals surface area contributed by atoms with Crippen LogP contribution in [0.25, 0.3) is 0 Å². The van der Waals surface area contributed by atoms with Gasteiger partial charge in [-0.3, -0.25) is 0 Å². The normalized spacial score (nSPS) is 22.8. The molecule has 108 valence electrons. The molecule has 5 heteroatoms. The van der Waals surface area contributed by atoms with E-state index in [9.17, 15) is 0 Å². The number of imidazole rings is 1. The second-order valence-corrected chi connectivity index (χ2v) is 4.91. The highest BCUT2D eigenvalue weighted by Gasteiger charge is 2.29. The highest BCUT2D eigenvalue weighted by molar-refractivity contribution is 5.27. The fourth-order valence-electron chi connectivity index (χ4n) is 2.74. The molecule has 0 amide bonds. The van der Waals surface area contributed by atoms with Crippen molar-refractivity contribution in [2.24, 2.45) is 0 Å². The van der Waals surface area contributed by atoms with Gasteiger partial charge in [-0.05, 0) is 32.6 Å². The molecular weight excluding hydrogens is 242 g/mol. The maximum Gasteiger partial charge on any atom is 0.203 e. The van der Waals surface area contributed by atoms with E-state index < -0.39 is 0 Å². The fourth-order valence-corrected chi connectivity index (χ4v) is 2.74. The summed E-state index contributed by atoms with van der Waals surface area (Å²) in [5, 5.41) is 3.39. The summed E-state index contributed by atoms with van der Waals surface area (Å²) in [7, 11) is 1.80. The van der Waals surface area contributed by atoms with Crippen molar-refractivity contribution in [2.45, 2.75) is 44.8 Å². The Kier molecular flexibility index (Phi) is 5.66. The Hall–Kier alpha value is -1.07. The van der Waals surface area contributed by atoms with Crippen molar-refractivity contribution >= 4 is 5.95 Å². The fraction of sp³-hybridized carbons (Fsp3) is 0.786. The highest BCUT2D eigenvalue weighted by Crippen LogP contribution is 2.33. The lowest BCUT2D eigenvalue weighted by atomic mass is 10.2. The van der Waals surface area contributed by atoms with Crippen molar-refractivity contribution in [3.8, 4) is 0 Å². The molecule has 0 spiro atoms. The SMILES string of the molecule is CCOCCCNc1nccn1C1CCCC1OC. The molecule has 0 aliphatic heterocycles. The Morgan fingerprint density at radius 3 is 3.16 bits per heavy atom. The predicted octanol–water partition coefficient (Wildman–Crippen LogP) is 2.46. The van der Waals surface area contributed by atoms with Gasteiger partial charge >= 0.3 is 0 Å². The summed E-state index contributed by atoms with van der Waals surface area (Å²) in [6.45, 7) is 4.49. The number of anilines is 1. The number of methoxy groups -OCH3 is 1. The van der Waals surface area contributed by atoms with Crippen LogP contribution in [-0.4, -0.2) is 42.5 Å². The lowest BCUT2D eigenvalue weighted by Gasteiger charge is -2.22. The van der Waals surface area contributed by atoms with Crippen molar-refractivity contribution in [3.63, 3.8) is 0 Å². The van der Waals surface area contributed by atoms with Crippen molar-refractivity contribution in [1.82, 2.24) is 9.55 Å². The number of ether oxygens (including phenoxy) is 2. The maximum atomic E-state index is 5.56. The van der Waals surface area contributed by atoms with Gasteiger partial charge in [0.15, 0.2) is 0 Å². The van der Waals surface area contributed by atoms with Gasteiger partial charge in [-0.25, -0.2) is 4.98 Å². The topological polar surface area (TPSA) is 48.3 Å². The van der Waals surface area contributed by atoms with Crippen molar-refractivity contribution < 1.29 is 9.47 Å². The molecule has 1 aromatic rings. The molecule has 0 aromatic carbocycles. The van der Waals surface area contributed by atoms with Gasteiger partial charge in [-0.2, -0.15) is 0 Å². The van der Waals surface area contributed by atoms with Gasteiger partial charge in [0.2, 0.25) is 5.95 Å². The van der Waals surface area contributed by atoms with Crippen LogP contribution in [0.3, 0.4) is 0 Å². The molecule has 0 saturated heterocycles. The first kappa shape index (κ1) is 14.3. The molecule has 1 saturated carbocycles. The van der Waals surface area contributed by atoms with Crippen LogP contribution in [0, 0.1) is 0 Å². The number of nitrogens with zero attached hydrogens (tertiary/aromatic N) is 2. The van der Waals surface area contributed by atoms with E-state index in [1.54, 1.807) is 7.11 Å². The highest BCUT2D eigenvalue weighted by atomic mass is 16.5. The van der Waals surface area contributed by atoms with E-state index in [0.717, 1.165) is 38.5 Å². The first-order valence-electron chi connectivity index (χ1n) is 7.24. The molecule has 2 rings (SSSR count). The second-order valence-electron chi connectivity index (χ2n) is 4.91. The largest absolute Gasteiger partial charge is 0.382 e. The Morgan fingerprint density at radius 2 is 2.37 bits per heavy atom. The number of aromatic nitrogens is 2. The smallest absolute Gasteiger partial charge is 0.203 e. The van der Waals surface area contributed by atoms with E-state index in [2.05, 4.69) is 14.9 Å². The van der Waals surface area contributed by atoms with Gasteiger partial charge in [0.25, 0.3) is 0 Å². The van der Waals surface area contributed by atoms with Crippen LogP contribution in [-0.2, 0) is 9.47 Å². The Morgan fingerprint density at radius 1 is 1.47 bits per heavy atom. The van der Waals surface area contributed by atoms with E-state index in [1.807, 2.05) is 19.3 Å². The maximum absolute atomic E-state index is 5.56. The van der Waals surface area contributed by atoms with Gasteiger partial charge in [0.05, 0.1) is 12.1 Å². The van der Waals surface area contributed by atoms with Crippen LogP contribution < -0.4 is 5.32 Å². The van der Waals surface area contributed by atoms with Crippen LogP contribution in [0.4, 0.5) is 5.95 Å². The van der Waals surface area contributed by atoms with Gasteiger partial charge in [0.1, 0.15) is 0 Å². The Bertz CT molecular complexity index is 367. The number of nitrogens with one attached hydrogen (secondary N) is 1. The monoisotopic (exact) mass is 267 g/mol. The summed E-state index contributed by atoms with van der Waals surface area (Å²) in [6, 6.07) is 0.418. The van der Waals surface area contributed by atoms with E-state index in [-0.39, 0.29) is 0 Å². The first-order valence-corrected chi connectivity index (χ1v) is 7.24. The van der Waals surface area contributed by atoms with Gasteiger partial charge in [-0.15, -0.1) is 0 Å².